The Labute approximate surface area is 96.8 Å². The van der Waals surface area contributed by atoms with Crippen molar-refractivity contribution in [3.8, 4) is 0 Å². The maximum atomic E-state index is 14.0. The van der Waals surface area contributed by atoms with Gasteiger partial charge in [0.1, 0.15) is 0 Å². The van der Waals surface area contributed by atoms with Gasteiger partial charge in [0.05, 0.1) is 5.69 Å². The zero-order valence-corrected chi connectivity index (χ0v) is 9.81. The third-order valence-electron chi connectivity index (χ3n) is 2.43. The van der Waals surface area contributed by atoms with Crippen molar-refractivity contribution in [2.75, 3.05) is 0 Å². The summed E-state index contributed by atoms with van der Waals surface area (Å²) in [4.78, 5) is 4.77. The standard InChI is InChI=1S/C12H11F2NS/c1-8-9(2)16-11(15-8)12(13,14)10-6-4-3-5-7-10/h3-7H,1-2H3. The van der Waals surface area contributed by atoms with Gasteiger partial charge >= 0.3 is 5.92 Å². The fourth-order valence-corrected chi connectivity index (χ4v) is 2.29. The number of nitrogens with zero attached hydrogens (tertiary/aromatic N) is 1. The van der Waals surface area contributed by atoms with E-state index in [9.17, 15) is 8.78 Å². The van der Waals surface area contributed by atoms with Crippen molar-refractivity contribution < 1.29 is 8.78 Å². The van der Waals surface area contributed by atoms with Crippen LogP contribution in [0.5, 0.6) is 0 Å². The molecule has 0 fully saturated rings. The number of hydrogen-bond acceptors (Lipinski definition) is 2. The van der Waals surface area contributed by atoms with Crippen LogP contribution in [0.25, 0.3) is 0 Å². The number of benzene rings is 1. The molecule has 1 nitrogen and oxygen atoms in total. The van der Waals surface area contributed by atoms with Gasteiger partial charge in [0.15, 0.2) is 5.01 Å². The number of hydrogen-bond donors (Lipinski definition) is 0. The summed E-state index contributed by atoms with van der Waals surface area (Å²) >= 11 is 1.06. The van der Waals surface area contributed by atoms with Gasteiger partial charge in [-0.2, -0.15) is 8.78 Å². The number of aryl methyl sites for hydroxylation is 2. The molecule has 0 aliphatic heterocycles. The summed E-state index contributed by atoms with van der Waals surface area (Å²) < 4.78 is 28.1. The molecule has 0 saturated heterocycles. The van der Waals surface area contributed by atoms with Gasteiger partial charge in [-0.25, -0.2) is 4.98 Å². The van der Waals surface area contributed by atoms with Crippen molar-refractivity contribution in [3.63, 3.8) is 0 Å². The second kappa shape index (κ2) is 3.94. The zero-order chi connectivity index (χ0) is 11.8. The van der Waals surface area contributed by atoms with Crippen molar-refractivity contribution in [1.29, 1.82) is 0 Å². The van der Waals surface area contributed by atoms with Crippen LogP contribution in [-0.4, -0.2) is 4.98 Å². The lowest BCUT2D eigenvalue weighted by molar-refractivity contribution is 0.0424. The minimum absolute atomic E-state index is 0.0104. The summed E-state index contributed by atoms with van der Waals surface area (Å²) in [5.74, 6) is -3.00. The predicted molar refractivity (Wildman–Crippen MR) is 61.0 cm³/mol. The Morgan fingerprint density at radius 1 is 1.12 bits per heavy atom. The molecule has 0 saturated carbocycles. The molecule has 0 radical (unpaired) electrons. The molecule has 0 amide bonds. The average molecular weight is 239 g/mol. The van der Waals surface area contributed by atoms with E-state index < -0.39 is 5.92 Å². The predicted octanol–water partition coefficient (Wildman–Crippen LogP) is 3.90. The molecule has 84 valence electrons. The number of aromatic nitrogens is 1. The molecule has 1 heterocycles. The summed E-state index contributed by atoms with van der Waals surface area (Å²) in [6.45, 7) is 3.55. The van der Waals surface area contributed by atoms with Crippen LogP contribution >= 0.6 is 11.3 Å². The van der Waals surface area contributed by atoms with Gasteiger partial charge in [-0.15, -0.1) is 11.3 Å². The highest BCUT2D eigenvalue weighted by atomic mass is 32.1. The van der Waals surface area contributed by atoms with Crippen LogP contribution in [0.1, 0.15) is 21.1 Å². The second-order valence-corrected chi connectivity index (χ2v) is 4.80. The lowest BCUT2D eigenvalue weighted by Gasteiger charge is -2.13. The van der Waals surface area contributed by atoms with Crippen molar-refractivity contribution in [2.24, 2.45) is 0 Å². The summed E-state index contributed by atoms with van der Waals surface area (Å²) in [5.41, 5.74) is 0.666. The minimum atomic E-state index is -3.00. The van der Waals surface area contributed by atoms with Crippen molar-refractivity contribution in [1.82, 2.24) is 4.98 Å². The Morgan fingerprint density at radius 2 is 1.75 bits per heavy atom. The fourth-order valence-electron chi connectivity index (χ4n) is 1.38. The normalized spacial score (nSPS) is 11.8. The Hall–Kier alpha value is -1.29. The van der Waals surface area contributed by atoms with Crippen LogP contribution in [0.2, 0.25) is 0 Å². The first kappa shape index (κ1) is 11.2. The van der Waals surface area contributed by atoms with E-state index in [2.05, 4.69) is 4.98 Å². The molecule has 1 aromatic carbocycles. The topological polar surface area (TPSA) is 12.9 Å². The molecule has 2 rings (SSSR count). The quantitative estimate of drug-likeness (QED) is 0.774. The number of halogens is 2. The van der Waals surface area contributed by atoms with Gasteiger partial charge in [0, 0.05) is 10.4 Å². The van der Waals surface area contributed by atoms with Gasteiger partial charge in [0.2, 0.25) is 0 Å². The first-order valence-electron chi connectivity index (χ1n) is 4.89. The number of alkyl halides is 2. The van der Waals surface area contributed by atoms with Crippen LogP contribution in [0.3, 0.4) is 0 Å². The fraction of sp³-hybridized carbons (Fsp3) is 0.250. The first-order valence-corrected chi connectivity index (χ1v) is 5.71. The molecule has 2 aromatic rings. The Balaban J connectivity index is 2.46. The van der Waals surface area contributed by atoms with Crippen LogP contribution in [0, 0.1) is 13.8 Å². The Morgan fingerprint density at radius 3 is 2.25 bits per heavy atom. The van der Waals surface area contributed by atoms with E-state index in [1.807, 2.05) is 0 Å². The lowest BCUT2D eigenvalue weighted by atomic mass is 10.1. The molecule has 0 atom stereocenters. The second-order valence-electron chi connectivity index (χ2n) is 3.60. The van der Waals surface area contributed by atoms with Crippen LogP contribution < -0.4 is 0 Å². The Bertz CT molecular complexity index is 471. The molecular weight excluding hydrogens is 228 g/mol. The highest BCUT2D eigenvalue weighted by molar-refractivity contribution is 7.11. The maximum Gasteiger partial charge on any atom is 0.324 e. The van der Waals surface area contributed by atoms with Crippen molar-refractivity contribution in [3.05, 3.63) is 51.5 Å². The molecular formula is C12H11F2NS. The van der Waals surface area contributed by atoms with E-state index in [4.69, 9.17) is 0 Å². The summed E-state index contributed by atoms with van der Waals surface area (Å²) in [6.07, 6.45) is 0. The third kappa shape index (κ3) is 1.85. The molecule has 0 N–H and O–H groups in total. The summed E-state index contributed by atoms with van der Waals surface area (Å²) in [5, 5.41) is -0.131. The smallest absolute Gasteiger partial charge is 0.240 e. The van der Waals surface area contributed by atoms with Gasteiger partial charge < -0.3 is 0 Å². The third-order valence-corrected chi connectivity index (χ3v) is 3.58. The van der Waals surface area contributed by atoms with Gasteiger partial charge in [0.25, 0.3) is 0 Å². The van der Waals surface area contributed by atoms with Gasteiger partial charge in [-0.05, 0) is 13.8 Å². The van der Waals surface area contributed by atoms with Crippen LogP contribution in [0.15, 0.2) is 30.3 Å². The molecule has 4 heteroatoms. The highest BCUT2D eigenvalue weighted by Crippen LogP contribution is 2.38. The maximum absolute atomic E-state index is 14.0. The molecule has 16 heavy (non-hydrogen) atoms. The molecule has 0 unspecified atom stereocenters. The zero-order valence-electron chi connectivity index (χ0n) is 9.00. The SMILES string of the molecule is Cc1nc(C(F)(F)c2ccccc2)sc1C. The number of thiazole rings is 1. The highest BCUT2D eigenvalue weighted by Gasteiger charge is 2.37. The van der Waals surface area contributed by atoms with E-state index in [0.717, 1.165) is 16.2 Å². The minimum Gasteiger partial charge on any atom is -0.240 e. The van der Waals surface area contributed by atoms with Crippen molar-refractivity contribution >= 4 is 11.3 Å². The van der Waals surface area contributed by atoms with E-state index in [1.165, 1.54) is 12.1 Å². The van der Waals surface area contributed by atoms with Crippen LogP contribution in [-0.2, 0) is 5.92 Å². The molecule has 1 aromatic heterocycles. The Kier molecular flexibility index (Phi) is 2.76. The van der Waals surface area contributed by atoms with Gasteiger partial charge in [-0.3, -0.25) is 0 Å². The first-order chi connectivity index (χ1) is 7.51. The van der Waals surface area contributed by atoms with E-state index in [-0.39, 0.29) is 10.6 Å². The largest absolute Gasteiger partial charge is 0.324 e. The van der Waals surface area contributed by atoms with Crippen molar-refractivity contribution in [2.45, 2.75) is 19.8 Å². The average Bonchev–Trinajstić information content (AvgIpc) is 2.61. The summed E-state index contributed by atoms with van der Waals surface area (Å²) in [7, 11) is 0. The van der Waals surface area contributed by atoms with Crippen LogP contribution in [0.4, 0.5) is 8.78 Å². The van der Waals surface area contributed by atoms with Gasteiger partial charge in [-0.1, -0.05) is 30.3 Å². The molecule has 0 aliphatic carbocycles. The van der Waals surface area contributed by atoms with E-state index >= 15 is 0 Å². The van der Waals surface area contributed by atoms with E-state index in [0.29, 0.717) is 5.69 Å². The molecule has 0 aliphatic rings. The number of rotatable bonds is 2. The molecule has 0 bridgehead atoms. The summed E-state index contributed by atoms with van der Waals surface area (Å²) in [6, 6.07) is 7.78. The monoisotopic (exact) mass is 239 g/mol. The lowest BCUT2D eigenvalue weighted by Crippen LogP contribution is -2.14. The molecule has 0 spiro atoms. The van der Waals surface area contributed by atoms with E-state index in [1.54, 1.807) is 32.0 Å².